The number of ether oxygens (including phenoxy) is 4. The number of carbonyl (C=O) groups excluding carboxylic acids is 4. The molecule has 0 N–H and O–H groups in total. The van der Waals surface area contributed by atoms with Crippen LogP contribution in [0.1, 0.15) is 223 Å². The summed E-state index contributed by atoms with van der Waals surface area (Å²) < 4.78 is 22.7. The predicted molar refractivity (Wildman–Crippen MR) is 234 cm³/mol. The topological polar surface area (TPSA) is 105 Å². The van der Waals surface area contributed by atoms with Gasteiger partial charge in [-0.05, 0) is 55.0 Å². The zero-order valence-electron chi connectivity index (χ0n) is 35.9. The first-order valence-electron chi connectivity index (χ1n) is 22.5. The summed E-state index contributed by atoms with van der Waals surface area (Å²) in [7, 11) is 0. The van der Waals surface area contributed by atoms with Gasteiger partial charge in [0.15, 0.2) is 0 Å². The van der Waals surface area contributed by atoms with E-state index >= 15 is 0 Å². The Bertz CT molecular complexity index is 1450. The van der Waals surface area contributed by atoms with E-state index in [4.69, 9.17) is 31.6 Å². The third-order valence-electron chi connectivity index (χ3n) is 10.3. The largest absolute Gasteiger partial charge is 0.462 e. The monoisotopic (exact) mass is 811 g/mol. The molecule has 2 aromatic rings. The molecule has 0 aliphatic carbocycles. The predicted octanol–water partition coefficient (Wildman–Crippen LogP) is 13.7. The first kappa shape index (κ1) is 49.8. The van der Waals surface area contributed by atoms with E-state index in [1.54, 1.807) is 30.3 Å². The fourth-order valence-electron chi connectivity index (χ4n) is 6.76. The van der Waals surface area contributed by atoms with Crippen LogP contribution in [0, 0.1) is 0 Å². The van der Waals surface area contributed by atoms with Gasteiger partial charge in [0.25, 0.3) is 0 Å². The van der Waals surface area contributed by atoms with E-state index in [0.717, 1.165) is 122 Å². The lowest BCUT2D eigenvalue weighted by molar-refractivity contribution is 0.0450. The minimum atomic E-state index is -0.634. The summed E-state index contributed by atoms with van der Waals surface area (Å²) in [4.78, 5) is 54.4. The van der Waals surface area contributed by atoms with Crippen molar-refractivity contribution in [3.8, 4) is 11.1 Å². The number of benzene rings is 2. The molecule has 0 spiro atoms. The number of thiol groups is 1. The lowest BCUT2D eigenvalue weighted by atomic mass is 9.94. The van der Waals surface area contributed by atoms with Crippen LogP contribution in [-0.4, -0.2) is 50.3 Å². The van der Waals surface area contributed by atoms with Gasteiger partial charge in [-0.25, -0.2) is 19.2 Å². The molecule has 0 radical (unpaired) electrons. The van der Waals surface area contributed by atoms with Crippen LogP contribution in [0.25, 0.3) is 11.1 Å². The van der Waals surface area contributed by atoms with Gasteiger partial charge in [-0.3, -0.25) is 0 Å². The van der Waals surface area contributed by atoms with Gasteiger partial charge in [-0.15, -0.1) is 12.6 Å². The molecule has 0 aliphatic rings. The lowest BCUT2D eigenvalue weighted by Crippen LogP contribution is -2.16. The SMILES string of the molecule is CCCCCCCCOC(=O)c1ccc(-c2ccc(C(=O)OCCCCCCCC)c(S)c2C(=O)OCCCCCCCC)cc1C(=O)OCCCCCCCC. The van der Waals surface area contributed by atoms with Crippen LogP contribution < -0.4 is 0 Å². The smallest absolute Gasteiger partial charge is 0.339 e. The van der Waals surface area contributed by atoms with Gasteiger partial charge >= 0.3 is 23.9 Å². The number of esters is 4. The van der Waals surface area contributed by atoms with Gasteiger partial charge in [-0.2, -0.15) is 0 Å². The maximum absolute atomic E-state index is 13.9. The van der Waals surface area contributed by atoms with Gasteiger partial charge in [0.2, 0.25) is 0 Å². The van der Waals surface area contributed by atoms with E-state index in [1.165, 1.54) is 32.1 Å². The molecule has 0 atom stereocenters. The molecule has 57 heavy (non-hydrogen) atoms. The molecule has 9 heteroatoms. The minimum absolute atomic E-state index is 0.0564. The second kappa shape index (κ2) is 31.6. The molecule has 0 unspecified atom stereocenters. The number of hydrogen-bond donors (Lipinski definition) is 1. The highest BCUT2D eigenvalue weighted by molar-refractivity contribution is 7.80. The van der Waals surface area contributed by atoms with Crippen molar-refractivity contribution in [2.75, 3.05) is 26.4 Å². The van der Waals surface area contributed by atoms with Gasteiger partial charge in [0, 0.05) is 4.90 Å². The Hall–Kier alpha value is -3.33. The van der Waals surface area contributed by atoms with Crippen LogP contribution in [0.4, 0.5) is 0 Å². The third-order valence-corrected chi connectivity index (χ3v) is 10.8. The van der Waals surface area contributed by atoms with Crippen molar-refractivity contribution in [1.29, 1.82) is 0 Å². The minimum Gasteiger partial charge on any atom is -0.462 e. The zero-order valence-corrected chi connectivity index (χ0v) is 36.8. The summed E-state index contributed by atoms with van der Waals surface area (Å²) in [5.74, 6) is -2.42. The molecule has 0 saturated heterocycles. The van der Waals surface area contributed by atoms with Crippen molar-refractivity contribution in [2.24, 2.45) is 0 Å². The van der Waals surface area contributed by atoms with Crippen LogP contribution >= 0.6 is 12.6 Å². The lowest BCUT2D eigenvalue weighted by Gasteiger charge is -2.17. The highest BCUT2D eigenvalue weighted by Gasteiger charge is 2.26. The van der Waals surface area contributed by atoms with Gasteiger partial charge in [0.1, 0.15) is 0 Å². The number of unbranched alkanes of at least 4 members (excludes halogenated alkanes) is 20. The second-order valence-corrected chi connectivity index (χ2v) is 15.7. The highest BCUT2D eigenvalue weighted by Crippen LogP contribution is 2.34. The summed E-state index contributed by atoms with van der Waals surface area (Å²) in [5, 5.41) is 0. The Balaban J connectivity index is 2.41. The van der Waals surface area contributed by atoms with Gasteiger partial charge in [0.05, 0.1) is 48.7 Å². The van der Waals surface area contributed by atoms with Crippen molar-refractivity contribution in [2.45, 2.75) is 187 Å². The quantitative estimate of drug-likeness (QED) is 0.0329. The van der Waals surface area contributed by atoms with E-state index in [9.17, 15) is 19.2 Å². The maximum Gasteiger partial charge on any atom is 0.339 e. The molecule has 0 heterocycles. The van der Waals surface area contributed by atoms with E-state index in [-0.39, 0.29) is 53.6 Å². The van der Waals surface area contributed by atoms with Crippen molar-refractivity contribution < 1.29 is 38.1 Å². The van der Waals surface area contributed by atoms with E-state index < -0.39 is 23.9 Å². The van der Waals surface area contributed by atoms with Crippen molar-refractivity contribution in [3.63, 3.8) is 0 Å². The maximum atomic E-state index is 13.9. The van der Waals surface area contributed by atoms with Gasteiger partial charge in [-0.1, -0.05) is 168 Å². The molecular formula is C48H74O8S. The molecule has 0 aromatic heterocycles. The number of hydrogen-bond acceptors (Lipinski definition) is 9. The second-order valence-electron chi connectivity index (χ2n) is 15.3. The van der Waals surface area contributed by atoms with E-state index in [2.05, 4.69) is 27.7 Å². The normalized spacial score (nSPS) is 11.0. The molecule has 0 aliphatic heterocycles. The third kappa shape index (κ3) is 19.8. The molecule has 0 amide bonds. The van der Waals surface area contributed by atoms with Crippen LogP contribution in [0.2, 0.25) is 0 Å². The fourth-order valence-corrected chi connectivity index (χ4v) is 7.13. The summed E-state index contributed by atoms with van der Waals surface area (Å²) in [5.41, 5.74) is 1.31. The van der Waals surface area contributed by atoms with E-state index in [0.29, 0.717) is 11.1 Å². The first-order valence-corrected chi connectivity index (χ1v) is 22.9. The molecular weight excluding hydrogens is 737 g/mol. The number of rotatable bonds is 33. The van der Waals surface area contributed by atoms with Gasteiger partial charge < -0.3 is 18.9 Å². The molecule has 320 valence electrons. The Kier molecular flexibility index (Phi) is 27.6. The number of carbonyl (C=O) groups is 4. The van der Waals surface area contributed by atoms with Crippen molar-refractivity contribution in [1.82, 2.24) is 0 Å². The zero-order chi connectivity index (χ0) is 41.5. The van der Waals surface area contributed by atoms with Crippen molar-refractivity contribution in [3.05, 3.63) is 52.6 Å². The summed E-state index contributed by atoms with van der Waals surface area (Å²) >= 11 is 4.73. The Morgan fingerprint density at radius 3 is 1.16 bits per heavy atom. The average Bonchev–Trinajstić information content (AvgIpc) is 3.21. The van der Waals surface area contributed by atoms with Crippen molar-refractivity contribution >= 4 is 36.5 Å². The molecule has 2 aromatic carbocycles. The highest BCUT2D eigenvalue weighted by atomic mass is 32.1. The van der Waals surface area contributed by atoms with Crippen LogP contribution in [0.5, 0.6) is 0 Å². The standard InChI is InChI=1S/C48H74O8S/c1-5-9-13-17-21-25-33-53-45(49)40-30-29-38(37-42(40)47(51)55-35-27-23-19-15-11-7-3)39-31-32-41(46(50)54-34-26-22-18-14-10-6-2)44(57)43(39)48(52)56-36-28-24-20-16-12-8-4/h29-32,37,57H,5-28,33-36H2,1-4H3. The molecule has 0 fully saturated rings. The Morgan fingerprint density at radius 2 is 0.737 bits per heavy atom. The van der Waals surface area contributed by atoms with E-state index in [1.807, 2.05) is 0 Å². The summed E-state index contributed by atoms with van der Waals surface area (Å²) in [6, 6.07) is 8.03. The van der Waals surface area contributed by atoms with Crippen LogP contribution in [0.15, 0.2) is 35.2 Å². The Labute approximate surface area is 350 Å². The summed E-state index contributed by atoms with van der Waals surface area (Å²) in [6.07, 6.45) is 25.1. The molecule has 8 nitrogen and oxygen atoms in total. The van der Waals surface area contributed by atoms with Crippen LogP contribution in [-0.2, 0) is 18.9 Å². The summed E-state index contributed by atoms with van der Waals surface area (Å²) in [6.45, 7) is 9.68. The molecule has 2 rings (SSSR count). The fraction of sp³-hybridized carbons (Fsp3) is 0.667. The first-order chi connectivity index (χ1) is 27.8. The average molecular weight is 811 g/mol. The molecule has 0 bridgehead atoms. The van der Waals surface area contributed by atoms with Crippen LogP contribution in [0.3, 0.4) is 0 Å². The molecule has 0 saturated carbocycles. The Morgan fingerprint density at radius 1 is 0.404 bits per heavy atom.